The van der Waals surface area contributed by atoms with Crippen molar-refractivity contribution in [3.8, 4) is 0 Å². The summed E-state index contributed by atoms with van der Waals surface area (Å²) < 4.78 is 5.39. The molecule has 66 valence electrons. The van der Waals surface area contributed by atoms with Crippen LogP contribution in [0.4, 0.5) is 0 Å². The molecule has 1 aromatic rings. The van der Waals surface area contributed by atoms with E-state index in [9.17, 15) is 0 Å². The van der Waals surface area contributed by atoms with Crippen molar-refractivity contribution in [2.75, 3.05) is 0 Å². The summed E-state index contributed by atoms with van der Waals surface area (Å²) in [6.07, 6.45) is 2.22. The molecule has 1 saturated heterocycles. The van der Waals surface area contributed by atoms with Crippen LogP contribution in [-0.2, 0) is 4.74 Å². The second-order valence-electron chi connectivity index (χ2n) is 3.53. The summed E-state index contributed by atoms with van der Waals surface area (Å²) in [5.41, 5.74) is 0. The number of thiophene rings is 1. The first-order valence-electron chi connectivity index (χ1n) is 4.46. The molecule has 1 aliphatic rings. The minimum Gasteiger partial charge on any atom is -0.370 e. The Morgan fingerprint density at radius 1 is 1.67 bits per heavy atom. The molecule has 3 unspecified atom stereocenters. The topological polar surface area (TPSA) is 12.5 Å². The van der Waals surface area contributed by atoms with Crippen LogP contribution in [0, 0.1) is 0 Å². The van der Waals surface area contributed by atoms with E-state index in [1.807, 2.05) is 11.3 Å². The average Bonchev–Trinajstić information content (AvgIpc) is 2.58. The van der Waals surface area contributed by atoms with Crippen molar-refractivity contribution >= 4 is 11.3 Å². The van der Waals surface area contributed by atoms with Gasteiger partial charge in [-0.3, -0.25) is 0 Å². The maximum atomic E-state index is 5.39. The number of hydrogen-bond acceptors (Lipinski definition) is 2. The summed E-state index contributed by atoms with van der Waals surface area (Å²) in [6, 6.07) is 4.33. The SMILES string of the molecule is CC(CC1OC1C)c1cccs1. The van der Waals surface area contributed by atoms with Crippen molar-refractivity contribution < 1.29 is 4.74 Å². The lowest BCUT2D eigenvalue weighted by Gasteiger charge is -2.05. The van der Waals surface area contributed by atoms with E-state index >= 15 is 0 Å². The first kappa shape index (κ1) is 8.27. The molecule has 0 radical (unpaired) electrons. The molecule has 1 nitrogen and oxygen atoms in total. The second kappa shape index (κ2) is 3.19. The molecule has 2 heterocycles. The van der Waals surface area contributed by atoms with Crippen LogP contribution in [0.3, 0.4) is 0 Å². The lowest BCUT2D eigenvalue weighted by molar-refractivity contribution is 0.363. The van der Waals surface area contributed by atoms with E-state index in [0.717, 1.165) is 0 Å². The highest BCUT2D eigenvalue weighted by atomic mass is 32.1. The maximum Gasteiger partial charge on any atom is 0.0845 e. The Kier molecular flexibility index (Phi) is 2.20. The number of hydrogen-bond donors (Lipinski definition) is 0. The molecule has 1 fully saturated rings. The van der Waals surface area contributed by atoms with Gasteiger partial charge in [-0.1, -0.05) is 13.0 Å². The van der Waals surface area contributed by atoms with Crippen LogP contribution >= 0.6 is 11.3 Å². The van der Waals surface area contributed by atoms with Crippen molar-refractivity contribution in [3.05, 3.63) is 22.4 Å². The van der Waals surface area contributed by atoms with Gasteiger partial charge in [-0.2, -0.15) is 0 Å². The summed E-state index contributed by atoms with van der Waals surface area (Å²) in [5.74, 6) is 0.667. The van der Waals surface area contributed by atoms with Gasteiger partial charge in [0.1, 0.15) is 0 Å². The summed E-state index contributed by atoms with van der Waals surface area (Å²) in [5, 5.41) is 2.14. The standard InChI is InChI=1S/C10H14OS/c1-7(6-9-8(2)11-9)10-4-3-5-12-10/h3-5,7-9H,6H2,1-2H3. The van der Waals surface area contributed by atoms with Gasteiger partial charge in [-0.05, 0) is 30.7 Å². The van der Waals surface area contributed by atoms with E-state index in [4.69, 9.17) is 4.74 Å². The van der Waals surface area contributed by atoms with Gasteiger partial charge in [-0.25, -0.2) is 0 Å². The fourth-order valence-corrected chi connectivity index (χ4v) is 2.31. The zero-order valence-electron chi connectivity index (χ0n) is 7.49. The molecule has 0 aliphatic carbocycles. The Labute approximate surface area is 77.4 Å². The van der Waals surface area contributed by atoms with Crippen LogP contribution in [0.5, 0.6) is 0 Å². The van der Waals surface area contributed by atoms with E-state index in [-0.39, 0.29) is 0 Å². The van der Waals surface area contributed by atoms with Gasteiger partial charge in [0.15, 0.2) is 0 Å². The van der Waals surface area contributed by atoms with Gasteiger partial charge in [0, 0.05) is 4.88 Å². The van der Waals surface area contributed by atoms with Crippen LogP contribution in [0.2, 0.25) is 0 Å². The van der Waals surface area contributed by atoms with Crippen molar-refractivity contribution in [1.82, 2.24) is 0 Å². The molecule has 2 heteroatoms. The van der Waals surface area contributed by atoms with Crippen molar-refractivity contribution in [2.45, 2.75) is 38.4 Å². The highest BCUT2D eigenvalue weighted by molar-refractivity contribution is 7.10. The number of ether oxygens (including phenoxy) is 1. The molecular formula is C10H14OS. The summed E-state index contributed by atoms with van der Waals surface area (Å²) >= 11 is 1.85. The van der Waals surface area contributed by atoms with Crippen molar-refractivity contribution in [3.63, 3.8) is 0 Å². The normalized spacial score (nSPS) is 30.2. The summed E-state index contributed by atoms with van der Waals surface area (Å²) in [7, 11) is 0. The Bertz CT molecular complexity index is 242. The number of rotatable bonds is 3. The fourth-order valence-electron chi connectivity index (χ4n) is 1.51. The van der Waals surface area contributed by atoms with Gasteiger partial charge < -0.3 is 4.74 Å². The number of epoxide rings is 1. The van der Waals surface area contributed by atoms with Crippen LogP contribution in [0.1, 0.15) is 31.1 Å². The third kappa shape index (κ3) is 1.70. The predicted octanol–water partition coefficient (Wildman–Crippen LogP) is 3.03. The third-order valence-electron chi connectivity index (χ3n) is 2.45. The monoisotopic (exact) mass is 182 g/mol. The maximum absolute atomic E-state index is 5.39. The first-order valence-corrected chi connectivity index (χ1v) is 5.34. The van der Waals surface area contributed by atoms with Crippen molar-refractivity contribution in [2.24, 2.45) is 0 Å². The van der Waals surface area contributed by atoms with E-state index < -0.39 is 0 Å². The molecule has 2 rings (SSSR count). The second-order valence-corrected chi connectivity index (χ2v) is 4.51. The predicted molar refractivity (Wildman–Crippen MR) is 51.7 cm³/mol. The van der Waals surface area contributed by atoms with Gasteiger partial charge in [0.2, 0.25) is 0 Å². The Morgan fingerprint density at radius 2 is 2.42 bits per heavy atom. The molecule has 12 heavy (non-hydrogen) atoms. The summed E-state index contributed by atoms with van der Waals surface area (Å²) in [6.45, 7) is 4.42. The molecule has 0 N–H and O–H groups in total. The van der Waals surface area contributed by atoms with Gasteiger partial charge in [0.05, 0.1) is 12.2 Å². The van der Waals surface area contributed by atoms with E-state index in [0.29, 0.717) is 18.1 Å². The zero-order chi connectivity index (χ0) is 8.55. The van der Waals surface area contributed by atoms with Crippen molar-refractivity contribution in [1.29, 1.82) is 0 Å². The zero-order valence-corrected chi connectivity index (χ0v) is 8.30. The van der Waals surface area contributed by atoms with Gasteiger partial charge in [0.25, 0.3) is 0 Å². The smallest absolute Gasteiger partial charge is 0.0845 e. The molecular weight excluding hydrogens is 168 g/mol. The molecule has 0 bridgehead atoms. The van der Waals surface area contributed by atoms with Crippen LogP contribution in [0.15, 0.2) is 17.5 Å². The minimum atomic E-state index is 0.507. The van der Waals surface area contributed by atoms with Crippen LogP contribution in [0.25, 0.3) is 0 Å². The molecule has 3 atom stereocenters. The Hall–Kier alpha value is -0.340. The van der Waals surface area contributed by atoms with E-state index in [1.54, 1.807) is 0 Å². The van der Waals surface area contributed by atoms with Crippen LogP contribution in [-0.4, -0.2) is 12.2 Å². The molecule has 1 aliphatic heterocycles. The third-order valence-corrected chi connectivity index (χ3v) is 3.55. The lowest BCUT2D eigenvalue weighted by atomic mass is 10.0. The first-order chi connectivity index (χ1) is 5.77. The van der Waals surface area contributed by atoms with Crippen LogP contribution < -0.4 is 0 Å². The average molecular weight is 182 g/mol. The highest BCUT2D eigenvalue weighted by Gasteiger charge is 2.35. The van der Waals surface area contributed by atoms with Gasteiger partial charge in [-0.15, -0.1) is 11.3 Å². The van der Waals surface area contributed by atoms with E-state index in [2.05, 4.69) is 31.4 Å². The fraction of sp³-hybridized carbons (Fsp3) is 0.600. The molecule has 0 spiro atoms. The largest absolute Gasteiger partial charge is 0.370 e. The molecule has 0 saturated carbocycles. The highest BCUT2D eigenvalue weighted by Crippen LogP contribution is 2.33. The Morgan fingerprint density at radius 3 is 2.92 bits per heavy atom. The molecule has 0 amide bonds. The molecule has 1 aromatic heterocycles. The summed E-state index contributed by atoms with van der Waals surface area (Å²) in [4.78, 5) is 1.48. The molecule has 0 aromatic carbocycles. The Balaban J connectivity index is 1.89. The lowest BCUT2D eigenvalue weighted by Crippen LogP contribution is -1.97. The van der Waals surface area contributed by atoms with E-state index in [1.165, 1.54) is 11.3 Å². The van der Waals surface area contributed by atoms with Gasteiger partial charge >= 0.3 is 0 Å². The quantitative estimate of drug-likeness (QED) is 0.655. The minimum absolute atomic E-state index is 0.507.